The van der Waals surface area contributed by atoms with Gasteiger partial charge in [-0.1, -0.05) is 0 Å². The van der Waals surface area contributed by atoms with Gasteiger partial charge in [-0.25, -0.2) is 4.39 Å². The Kier molecular flexibility index (Phi) is 3.81. The predicted molar refractivity (Wildman–Crippen MR) is 75.5 cm³/mol. The number of halogens is 2. The largest absolute Gasteiger partial charge is 0.378 e. The zero-order valence-corrected chi connectivity index (χ0v) is 11.7. The van der Waals surface area contributed by atoms with Gasteiger partial charge in [0.2, 0.25) is 0 Å². The number of hydrogen-bond acceptors (Lipinski definition) is 2. The van der Waals surface area contributed by atoms with Crippen molar-refractivity contribution in [1.82, 2.24) is 0 Å². The van der Waals surface area contributed by atoms with E-state index in [-0.39, 0.29) is 11.9 Å². The summed E-state index contributed by atoms with van der Waals surface area (Å²) in [5, 5.41) is 7.55. The van der Waals surface area contributed by atoms with Crippen molar-refractivity contribution >= 4 is 39.6 Å². The second kappa shape index (κ2) is 5.14. The van der Waals surface area contributed by atoms with E-state index in [4.69, 9.17) is 0 Å². The first-order valence-electron chi connectivity index (χ1n) is 4.90. The monoisotopic (exact) mass is 347 g/mol. The highest BCUT2D eigenvalue weighted by Gasteiger charge is 2.08. The molecule has 1 unspecified atom stereocenters. The number of hydrogen-bond donors (Lipinski definition) is 1. The molecule has 16 heavy (non-hydrogen) atoms. The predicted octanol–water partition coefficient (Wildman–Crippen LogP) is 4.66. The van der Waals surface area contributed by atoms with Gasteiger partial charge in [-0.2, -0.15) is 11.3 Å². The summed E-state index contributed by atoms with van der Waals surface area (Å²) in [6, 6.07) is 7.12. The smallest absolute Gasteiger partial charge is 0.124 e. The van der Waals surface area contributed by atoms with Crippen molar-refractivity contribution in [3.05, 3.63) is 50.0 Å². The Balaban J connectivity index is 2.15. The van der Waals surface area contributed by atoms with Crippen LogP contribution in [0.15, 0.2) is 35.0 Å². The number of anilines is 1. The Hall–Kier alpha value is -0.620. The molecule has 4 heteroatoms. The van der Waals surface area contributed by atoms with E-state index in [1.807, 2.05) is 0 Å². The quantitative estimate of drug-likeness (QED) is 0.796. The lowest BCUT2D eigenvalue weighted by atomic mass is 10.1. The van der Waals surface area contributed by atoms with Crippen LogP contribution >= 0.6 is 33.9 Å². The molecule has 1 aromatic carbocycles. The van der Waals surface area contributed by atoms with Crippen molar-refractivity contribution in [3.8, 4) is 0 Å². The van der Waals surface area contributed by atoms with Crippen molar-refractivity contribution in [3.63, 3.8) is 0 Å². The number of thiophene rings is 1. The molecule has 0 aliphatic rings. The Morgan fingerprint density at radius 1 is 1.38 bits per heavy atom. The lowest BCUT2D eigenvalue weighted by Crippen LogP contribution is -2.06. The van der Waals surface area contributed by atoms with E-state index >= 15 is 0 Å². The third-order valence-corrected chi connectivity index (χ3v) is 3.94. The maximum absolute atomic E-state index is 12.9. The molecule has 0 aliphatic carbocycles. The van der Waals surface area contributed by atoms with Crippen LogP contribution in [-0.4, -0.2) is 0 Å². The highest BCUT2D eigenvalue weighted by Crippen LogP contribution is 2.25. The van der Waals surface area contributed by atoms with Crippen LogP contribution in [0, 0.1) is 9.39 Å². The molecule has 0 amide bonds. The maximum Gasteiger partial charge on any atom is 0.124 e. The van der Waals surface area contributed by atoms with Gasteiger partial charge in [0.05, 0.1) is 0 Å². The Labute approximate surface area is 112 Å². The second-order valence-corrected chi connectivity index (χ2v) is 5.49. The molecule has 0 radical (unpaired) electrons. The van der Waals surface area contributed by atoms with E-state index in [1.54, 1.807) is 17.4 Å². The van der Waals surface area contributed by atoms with Crippen molar-refractivity contribution in [2.45, 2.75) is 13.0 Å². The minimum absolute atomic E-state index is 0.196. The summed E-state index contributed by atoms with van der Waals surface area (Å²) in [6.07, 6.45) is 0. The summed E-state index contributed by atoms with van der Waals surface area (Å²) >= 11 is 3.82. The van der Waals surface area contributed by atoms with Crippen molar-refractivity contribution in [1.29, 1.82) is 0 Å². The van der Waals surface area contributed by atoms with Crippen LogP contribution < -0.4 is 5.32 Å². The summed E-state index contributed by atoms with van der Waals surface area (Å²) in [6.45, 7) is 2.10. The maximum atomic E-state index is 12.9. The van der Waals surface area contributed by atoms with Gasteiger partial charge in [0.15, 0.2) is 0 Å². The van der Waals surface area contributed by atoms with Crippen LogP contribution in [0.4, 0.5) is 10.1 Å². The SMILES string of the molecule is CC(Nc1ccc(F)cc1I)c1ccsc1. The van der Waals surface area contributed by atoms with E-state index in [9.17, 15) is 4.39 Å². The minimum Gasteiger partial charge on any atom is -0.378 e. The number of nitrogens with one attached hydrogen (secondary N) is 1. The van der Waals surface area contributed by atoms with Gasteiger partial charge in [-0.15, -0.1) is 0 Å². The van der Waals surface area contributed by atoms with Crippen LogP contribution in [0.3, 0.4) is 0 Å². The summed E-state index contributed by atoms with van der Waals surface area (Å²) in [5.74, 6) is -0.196. The molecule has 0 fully saturated rings. The van der Waals surface area contributed by atoms with Crippen LogP contribution in [-0.2, 0) is 0 Å². The fourth-order valence-corrected chi connectivity index (χ4v) is 2.83. The van der Waals surface area contributed by atoms with E-state index in [0.717, 1.165) is 9.26 Å². The van der Waals surface area contributed by atoms with Gasteiger partial charge in [-0.3, -0.25) is 0 Å². The number of benzene rings is 1. The first-order valence-corrected chi connectivity index (χ1v) is 6.92. The molecular formula is C12H11FINS. The highest BCUT2D eigenvalue weighted by molar-refractivity contribution is 14.1. The lowest BCUT2D eigenvalue weighted by molar-refractivity contribution is 0.627. The van der Waals surface area contributed by atoms with Crippen LogP contribution in [0.5, 0.6) is 0 Å². The van der Waals surface area contributed by atoms with Crippen LogP contribution in [0.1, 0.15) is 18.5 Å². The van der Waals surface area contributed by atoms with Crippen molar-refractivity contribution in [2.24, 2.45) is 0 Å². The fourth-order valence-electron chi connectivity index (χ4n) is 1.44. The molecule has 0 saturated heterocycles. The first-order chi connectivity index (χ1) is 7.66. The molecule has 0 spiro atoms. The van der Waals surface area contributed by atoms with Gasteiger partial charge in [-0.05, 0) is 70.1 Å². The molecule has 2 aromatic rings. The molecule has 1 aromatic heterocycles. The summed E-state index contributed by atoms with van der Waals surface area (Å²) in [7, 11) is 0. The Morgan fingerprint density at radius 2 is 2.19 bits per heavy atom. The summed E-state index contributed by atoms with van der Waals surface area (Å²) < 4.78 is 13.8. The zero-order chi connectivity index (χ0) is 11.5. The van der Waals surface area contributed by atoms with Gasteiger partial charge in [0.1, 0.15) is 5.82 Å². The molecule has 1 nitrogen and oxygen atoms in total. The summed E-state index contributed by atoms with van der Waals surface area (Å²) in [4.78, 5) is 0. The molecule has 0 bridgehead atoms. The summed E-state index contributed by atoms with van der Waals surface area (Å²) in [5.41, 5.74) is 2.23. The third-order valence-electron chi connectivity index (χ3n) is 2.35. The molecule has 1 N–H and O–H groups in total. The fraction of sp³-hybridized carbons (Fsp3) is 0.167. The lowest BCUT2D eigenvalue weighted by Gasteiger charge is -2.15. The topological polar surface area (TPSA) is 12.0 Å². The van der Waals surface area contributed by atoms with Gasteiger partial charge in [0.25, 0.3) is 0 Å². The van der Waals surface area contributed by atoms with Crippen LogP contribution in [0.2, 0.25) is 0 Å². The van der Waals surface area contributed by atoms with Crippen molar-refractivity contribution in [2.75, 3.05) is 5.32 Å². The molecule has 0 saturated carbocycles. The van der Waals surface area contributed by atoms with E-state index in [0.29, 0.717) is 0 Å². The molecule has 2 rings (SSSR count). The average molecular weight is 347 g/mol. The van der Waals surface area contributed by atoms with E-state index in [1.165, 1.54) is 17.7 Å². The van der Waals surface area contributed by atoms with Crippen molar-refractivity contribution < 1.29 is 4.39 Å². The molecular weight excluding hydrogens is 336 g/mol. The van der Waals surface area contributed by atoms with Gasteiger partial charge >= 0.3 is 0 Å². The Morgan fingerprint density at radius 3 is 2.81 bits per heavy atom. The third kappa shape index (κ3) is 2.74. The molecule has 84 valence electrons. The highest BCUT2D eigenvalue weighted by atomic mass is 127. The normalized spacial score (nSPS) is 12.4. The molecule has 1 atom stereocenters. The standard InChI is InChI=1S/C12H11FINS/c1-8(9-4-5-16-7-9)15-12-3-2-10(13)6-11(12)14/h2-8,15H,1H3. The van der Waals surface area contributed by atoms with Crippen LogP contribution in [0.25, 0.3) is 0 Å². The second-order valence-electron chi connectivity index (χ2n) is 3.55. The minimum atomic E-state index is -0.196. The zero-order valence-electron chi connectivity index (χ0n) is 8.71. The Bertz CT molecular complexity index is 470. The molecule has 1 heterocycles. The molecule has 0 aliphatic heterocycles. The van der Waals surface area contributed by atoms with E-state index in [2.05, 4.69) is 51.7 Å². The average Bonchev–Trinajstić information content (AvgIpc) is 2.75. The van der Waals surface area contributed by atoms with E-state index < -0.39 is 0 Å². The van der Waals surface area contributed by atoms with Gasteiger partial charge < -0.3 is 5.32 Å². The first kappa shape index (κ1) is 11.9. The van der Waals surface area contributed by atoms with Gasteiger partial charge in [0, 0.05) is 15.3 Å². The number of rotatable bonds is 3.